The summed E-state index contributed by atoms with van der Waals surface area (Å²) in [6, 6.07) is 0. The molecule has 0 radical (unpaired) electrons. The van der Waals surface area contributed by atoms with E-state index < -0.39 is 11.4 Å². The van der Waals surface area contributed by atoms with Gasteiger partial charge in [0.05, 0.1) is 11.1 Å². The van der Waals surface area contributed by atoms with Crippen LogP contribution in [0.3, 0.4) is 0 Å². The Labute approximate surface area is 134 Å². The van der Waals surface area contributed by atoms with E-state index in [4.69, 9.17) is 4.42 Å². The average molecular weight is 318 g/mol. The zero-order chi connectivity index (χ0) is 16.2. The van der Waals surface area contributed by atoms with Gasteiger partial charge < -0.3 is 14.4 Å². The van der Waals surface area contributed by atoms with Crippen molar-refractivity contribution < 1.29 is 19.1 Å². The number of amides is 1. The van der Waals surface area contributed by atoms with Crippen molar-refractivity contribution in [1.82, 2.24) is 9.88 Å². The fourth-order valence-electron chi connectivity index (χ4n) is 4.23. The minimum Gasteiger partial charge on any atom is -0.481 e. The van der Waals surface area contributed by atoms with Crippen molar-refractivity contribution in [2.75, 3.05) is 13.1 Å². The van der Waals surface area contributed by atoms with Crippen molar-refractivity contribution in [3.8, 4) is 0 Å². The Bertz CT molecular complexity index is 664. The van der Waals surface area contributed by atoms with Crippen LogP contribution < -0.4 is 0 Å². The number of carbonyl (C=O) groups is 2. The van der Waals surface area contributed by atoms with Gasteiger partial charge in [0.25, 0.3) is 5.91 Å². The summed E-state index contributed by atoms with van der Waals surface area (Å²) >= 11 is 0. The molecular weight excluding hydrogens is 296 g/mol. The molecule has 2 heterocycles. The number of nitrogens with zero attached hydrogens (tertiary/aromatic N) is 2. The highest BCUT2D eigenvalue weighted by molar-refractivity contribution is 5.93. The third-order valence-corrected chi connectivity index (χ3v) is 5.77. The number of fused-ring (bicyclic) bond motifs is 1. The van der Waals surface area contributed by atoms with Crippen LogP contribution in [0.15, 0.2) is 4.42 Å². The van der Waals surface area contributed by atoms with E-state index in [0.717, 1.165) is 32.1 Å². The number of hydrogen-bond acceptors (Lipinski definition) is 4. The first-order valence-corrected chi connectivity index (χ1v) is 8.51. The highest BCUT2D eigenvalue weighted by atomic mass is 16.4. The number of aromatic nitrogens is 1. The van der Waals surface area contributed by atoms with E-state index in [1.54, 1.807) is 11.8 Å². The van der Waals surface area contributed by atoms with Crippen LogP contribution in [0.25, 0.3) is 0 Å². The lowest BCUT2D eigenvalue weighted by Gasteiger charge is -2.33. The monoisotopic (exact) mass is 318 g/mol. The number of carboxylic acid groups (broad SMARTS) is 1. The summed E-state index contributed by atoms with van der Waals surface area (Å²) in [6.07, 6.45) is 5.67. The molecule has 0 spiro atoms. The number of rotatable bonds is 3. The topological polar surface area (TPSA) is 83.6 Å². The molecular formula is C17H22N2O4. The fraction of sp³-hybridized carbons (Fsp3) is 0.706. The first-order chi connectivity index (χ1) is 11.0. The normalized spacial score (nSPS) is 30.3. The Kier molecular flexibility index (Phi) is 3.25. The van der Waals surface area contributed by atoms with Crippen LogP contribution in [0.5, 0.6) is 0 Å². The number of carbonyl (C=O) groups excluding carboxylic acids is 1. The van der Waals surface area contributed by atoms with Gasteiger partial charge in [-0.25, -0.2) is 4.98 Å². The van der Waals surface area contributed by atoms with Crippen LogP contribution in [0.1, 0.15) is 66.6 Å². The van der Waals surface area contributed by atoms with Gasteiger partial charge in [-0.1, -0.05) is 12.8 Å². The number of aliphatic carboxylic acids is 1. The number of likely N-dealkylation sites (tertiary alicyclic amines) is 1. The molecule has 1 amide bonds. The van der Waals surface area contributed by atoms with Crippen LogP contribution >= 0.6 is 0 Å². The lowest BCUT2D eigenvalue weighted by molar-refractivity contribution is -0.152. The SMILES string of the molecule is Cc1nc(C2CC2)oc1C(=O)N1C[C@@H]2CCCC[C@]2(C(=O)O)C1. The fourth-order valence-corrected chi connectivity index (χ4v) is 4.23. The number of aryl methyl sites for hydroxylation is 1. The van der Waals surface area contributed by atoms with E-state index in [2.05, 4.69) is 4.98 Å². The van der Waals surface area contributed by atoms with Gasteiger partial charge in [-0.15, -0.1) is 0 Å². The number of carboxylic acids is 1. The van der Waals surface area contributed by atoms with Gasteiger partial charge >= 0.3 is 5.97 Å². The lowest BCUT2D eigenvalue weighted by atomic mass is 9.68. The van der Waals surface area contributed by atoms with Gasteiger partial charge in [0.15, 0.2) is 5.89 Å². The Morgan fingerprint density at radius 3 is 2.74 bits per heavy atom. The molecule has 0 unspecified atom stereocenters. The molecule has 6 heteroatoms. The maximum absolute atomic E-state index is 12.8. The molecule has 23 heavy (non-hydrogen) atoms. The Hall–Kier alpha value is -1.85. The highest BCUT2D eigenvalue weighted by Crippen LogP contribution is 2.47. The molecule has 124 valence electrons. The molecule has 3 aliphatic rings. The smallest absolute Gasteiger partial charge is 0.311 e. The van der Waals surface area contributed by atoms with E-state index >= 15 is 0 Å². The summed E-state index contributed by atoms with van der Waals surface area (Å²) in [4.78, 5) is 30.7. The molecule has 1 saturated heterocycles. The summed E-state index contributed by atoms with van der Waals surface area (Å²) < 4.78 is 5.71. The van der Waals surface area contributed by atoms with Gasteiger partial charge in [0.1, 0.15) is 0 Å². The summed E-state index contributed by atoms with van der Waals surface area (Å²) in [6.45, 7) is 2.60. The third-order valence-electron chi connectivity index (χ3n) is 5.77. The molecule has 4 rings (SSSR count). The van der Waals surface area contributed by atoms with Gasteiger partial charge in [0, 0.05) is 19.0 Å². The molecule has 2 saturated carbocycles. The third kappa shape index (κ3) is 2.26. The van der Waals surface area contributed by atoms with E-state index in [-0.39, 0.29) is 11.8 Å². The summed E-state index contributed by atoms with van der Waals surface area (Å²) in [5.74, 6) is 0.425. The van der Waals surface area contributed by atoms with Crippen LogP contribution in [0.4, 0.5) is 0 Å². The van der Waals surface area contributed by atoms with Gasteiger partial charge in [-0.05, 0) is 38.5 Å². The van der Waals surface area contributed by atoms with Crippen LogP contribution in [0.2, 0.25) is 0 Å². The second-order valence-electron chi connectivity index (χ2n) is 7.33. The van der Waals surface area contributed by atoms with Crippen molar-refractivity contribution in [3.05, 3.63) is 17.3 Å². The predicted molar refractivity (Wildman–Crippen MR) is 81.1 cm³/mol. The molecule has 1 aliphatic heterocycles. The second kappa shape index (κ2) is 5.08. The van der Waals surface area contributed by atoms with Crippen molar-refractivity contribution in [1.29, 1.82) is 0 Å². The molecule has 1 aromatic rings. The van der Waals surface area contributed by atoms with Crippen LogP contribution in [-0.4, -0.2) is 40.0 Å². The summed E-state index contributed by atoms with van der Waals surface area (Å²) in [5, 5.41) is 9.74. The van der Waals surface area contributed by atoms with Gasteiger partial charge in [-0.3, -0.25) is 9.59 Å². The number of hydrogen-bond donors (Lipinski definition) is 1. The second-order valence-corrected chi connectivity index (χ2v) is 7.33. The standard InChI is InChI=1S/C17H22N2O4/c1-10-13(23-14(18-10)11-5-6-11)15(20)19-8-12-4-2-3-7-17(12,9-19)16(21)22/h11-12H,2-9H2,1H3,(H,21,22)/t12-,17-/m0/s1. The van der Waals surface area contributed by atoms with Crippen LogP contribution in [-0.2, 0) is 4.79 Å². The predicted octanol–water partition coefficient (Wildman–Crippen LogP) is 2.58. The first kappa shape index (κ1) is 14.7. The van der Waals surface area contributed by atoms with Gasteiger partial charge in [0.2, 0.25) is 5.76 Å². The molecule has 0 bridgehead atoms. The largest absolute Gasteiger partial charge is 0.481 e. The van der Waals surface area contributed by atoms with E-state index in [9.17, 15) is 14.7 Å². The average Bonchev–Trinajstić information content (AvgIpc) is 3.18. The van der Waals surface area contributed by atoms with E-state index in [1.807, 2.05) is 0 Å². The highest BCUT2D eigenvalue weighted by Gasteiger charge is 2.54. The zero-order valence-electron chi connectivity index (χ0n) is 13.4. The maximum atomic E-state index is 12.8. The summed E-state index contributed by atoms with van der Waals surface area (Å²) in [5.41, 5.74) is -0.141. The Morgan fingerprint density at radius 1 is 1.30 bits per heavy atom. The molecule has 2 aliphatic carbocycles. The van der Waals surface area contributed by atoms with E-state index in [1.165, 1.54) is 0 Å². The summed E-state index contributed by atoms with van der Waals surface area (Å²) in [7, 11) is 0. The molecule has 0 aromatic carbocycles. The maximum Gasteiger partial charge on any atom is 0.311 e. The minimum atomic E-state index is -0.763. The van der Waals surface area contributed by atoms with Crippen molar-refractivity contribution >= 4 is 11.9 Å². The molecule has 3 fully saturated rings. The van der Waals surface area contributed by atoms with Crippen molar-refractivity contribution in [2.24, 2.45) is 11.3 Å². The molecule has 6 nitrogen and oxygen atoms in total. The van der Waals surface area contributed by atoms with Crippen LogP contribution in [0, 0.1) is 18.3 Å². The quantitative estimate of drug-likeness (QED) is 0.926. The molecule has 1 N–H and O–H groups in total. The Balaban J connectivity index is 1.59. The Morgan fingerprint density at radius 2 is 2.09 bits per heavy atom. The van der Waals surface area contributed by atoms with Gasteiger partial charge in [-0.2, -0.15) is 0 Å². The molecule has 1 aromatic heterocycles. The van der Waals surface area contributed by atoms with Crippen molar-refractivity contribution in [2.45, 2.75) is 51.4 Å². The van der Waals surface area contributed by atoms with E-state index in [0.29, 0.717) is 42.8 Å². The first-order valence-electron chi connectivity index (χ1n) is 8.51. The zero-order valence-corrected chi connectivity index (χ0v) is 13.4. The number of oxazole rings is 1. The molecule has 2 atom stereocenters. The minimum absolute atomic E-state index is 0.0591. The lowest BCUT2D eigenvalue weighted by Crippen LogP contribution is -2.41. The van der Waals surface area contributed by atoms with Crippen molar-refractivity contribution in [3.63, 3.8) is 0 Å².